The van der Waals surface area contributed by atoms with Crippen LogP contribution in [-0.4, -0.2) is 23.2 Å². The minimum Gasteiger partial charge on any atom is -0.368 e. The van der Waals surface area contributed by atoms with E-state index in [0.717, 1.165) is 6.54 Å². The zero-order chi connectivity index (χ0) is 7.56. The summed E-state index contributed by atoms with van der Waals surface area (Å²) >= 11 is 0. The van der Waals surface area contributed by atoms with Gasteiger partial charge in [0.2, 0.25) is 0 Å². The molecule has 0 saturated heterocycles. The highest BCUT2D eigenvalue weighted by molar-refractivity contribution is 5.85. The number of rotatable bonds is 1. The van der Waals surface area contributed by atoms with Gasteiger partial charge in [-0.2, -0.15) is 0 Å². The summed E-state index contributed by atoms with van der Waals surface area (Å²) in [6, 6.07) is 0.585. The first-order chi connectivity index (χ1) is 4.70. The lowest BCUT2D eigenvalue weighted by Crippen LogP contribution is -2.31. The van der Waals surface area contributed by atoms with Crippen LogP contribution in [0.25, 0.3) is 0 Å². The van der Waals surface area contributed by atoms with Gasteiger partial charge in [0.05, 0.1) is 6.54 Å². The minimum atomic E-state index is 0.585. The molecule has 0 atom stereocenters. The van der Waals surface area contributed by atoms with Gasteiger partial charge in [0.1, 0.15) is 0 Å². The van der Waals surface area contributed by atoms with E-state index in [4.69, 9.17) is 0 Å². The summed E-state index contributed by atoms with van der Waals surface area (Å²) in [5.74, 6) is 0. The Labute approximate surface area is 62.3 Å². The Morgan fingerprint density at radius 3 is 2.70 bits per heavy atom. The van der Waals surface area contributed by atoms with Gasteiger partial charge in [-0.25, -0.2) is 0 Å². The first-order valence-corrected chi connectivity index (χ1v) is 3.66. The van der Waals surface area contributed by atoms with Crippen molar-refractivity contribution in [1.82, 2.24) is 4.90 Å². The van der Waals surface area contributed by atoms with Gasteiger partial charge in [-0.15, -0.1) is 0 Å². The third-order valence-electron chi connectivity index (χ3n) is 1.63. The van der Waals surface area contributed by atoms with Crippen LogP contribution in [0.4, 0.5) is 0 Å². The molecule has 0 aromatic carbocycles. The molecule has 0 radical (unpaired) electrons. The van der Waals surface area contributed by atoms with Gasteiger partial charge in [-0.1, -0.05) is 0 Å². The molecule has 56 valence electrons. The highest BCUT2D eigenvalue weighted by Gasteiger charge is 2.07. The Balaban J connectivity index is 2.55. The van der Waals surface area contributed by atoms with Crippen molar-refractivity contribution >= 4 is 5.71 Å². The second kappa shape index (κ2) is 2.86. The summed E-state index contributed by atoms with van der Waals surface area (Å²) in [6.45, 7) is 7.40. The van der Waals surface area contributed by atoms with Gasteiger partial charge >= 0.3 is 0 Å². The van der Waals surface area contributed by atoms with E-state index in [1.807, 2.05) is 12.4 Å². The molecule has 0 amide bonds. The molecular weight excluding hydrogens is 124 g/mol. The molecule has 0 saturated carbocycles. The lowest BCUT2D eigenvalue weighted by Gasteiger charge is -2.26. The number of hydrogen-bond donors (Lipinski definition) is 0. The van der Waals surface area contributed by atoms with Crippen LogP contribution in [0.2, 0.25) is 0 Å². The largest absolute Gasteiger partial charge is 0.368 e. The summed E-state index contributed by atoms with van der Waals surface area (Å²) < 4.78 is 0. The van der Waals surface area contributed by atoms with Crippen LogP contribution in [0.5, 0.6) is 0 Å². The summed E-state index contributed by atoms with van der Waals surface area (Å²) in [7, 11) is 0. The molecule has 0 N–H and O–H groups in total. The Morgan fingerprint density at radius 1 is 1.60 bits per heavy atom. The maximum absolute atomic E-state index is 4.16. The fourth-order valence-corrected chi connectivity index (χ4v) is 0.959. The number of aliphatic imine (C=N–C) groups is 1. The van der Waals surface area contributed by atoms with E-state index in [1.165, 1.54) is 5.71 Å². The molecule has 1 heterocycles. The summed E-state index contributed by atoms with van der Waals surface area (Å²) in [6.07, 6.45) is 3.90. The van der Waals surface area contributed by atoms with Crippen LogP contribution in [0.1, 0.15) is 20.8 Å². The first kappa shape index (κ1) is 7.32. The average molecular weight is 138 g/mol. The normalized spacial score (nSPS) is 18.0. The predicted octanol–water partition coefficient (Wildman–Crippen LogP) is 1.64. The molecule has 0 fully saturated rings. The van der Waals surface area contributed by atoms with Gasteiger partial charge in [-0.3, -0.25) is 4.99 Å². The minimum absolute atomic E-state index is 0.585. The van der Waals surface area contributed by atoms with Crippen LogP contribution in [0.15, 0.2) is 17.4 Å². The first-order valence-electron chi connectivity index (χ1n) is 3.66. The fourth-order valence-electron chi connectivity index (χ4n) is 0.959. The molecular formula is C8H14N2. The molecule has 0 bridgehead atoms. The fraction of sp³-hybridized carbons (Fsp3) is 0.625. The predicted molar refractivity (Wildman–Crippen MR) is 44.1 cm³/mol. The van der Waals surface area contributed by atoms with Crippen LogP contribution >= 0.6 is 0 Å². The Kier molecular flexibility index (Phi) is 2.10. The van der Waals surface area contributed by atoms with E-state index in [9.17, 15) is 0 Å². The third-order valence-corrected chi connectivity index (χ3v) is 1.63. The molecule has 0 spiro atoms. The zero-order valence-corrected chi connectivity index (χ0v) is 6.83. The Bertz CT molecular complexity index is 168. The summed E-state index contributed by atoms with van der Waals surface area (Å²) in [5.41, 5.74) is 1.19. The molecule has 2 nitrogen and oxygen atoms in total. The Morgan fingerprint density at radius 2 is 2.30 bits per heavy atom. The maximum atomic E-state index is 4.16. The van der Waals surface area contributed by atoms with Gasteiger partial charge in [0.15, 0.2) is 0 Å². The van der Waals surface area contributed by atoms with E-state index < -0.39 is 0 Å². The van der Waals surface area contributed by atoms with Crippen molar-refractivity contribution in [3.63, 3.8) is 0 Å². The van der Waals surface area contributed by atoms with Gasteiger partial charge in [0, 0.05) is 24.2 Å². The van der Waals surface area contributed by atoms with E-state index in [0.29, 0.717) is 6.04 Å². The molecule has 10 heavy (non-hydrogen) atoms. The molecule has 1 aliphatic heterocycles. The van der Waals surface area contributed by atoms with E-state index in [1.54, 1.807) is 0 Å². The van der Waals surface area contributed by atoms with Crippen LogP contribution < -0.4 is 0 Å². The highest BCUT2D eigenvalue weighted by Crippen LogP contribution is 2.03. The lowest BCUT2D eigenvalue weighted by molar-refractivity contribution is 0.347. The van der Waals surface area contributed by atoms with Crippen LogP contribution in [-0.2, 0) is 0 Å². The van der Waals surface area contributed by atoms with Crippen LogP contribution in [0, 0.1) is 0 Å². The standard InChI is InChI=1S/C8H14N2/c1-7(2)10-5-4-9-8(3)6-10/h4-5,7H,6H2,1-3H3. The summed E-state index contributed by atoms with van der Waals surface area (Å²) in [5, 5.41) is 0. The average Bonchev–Trinajstić information content (AvgIpc) is 1.88. The number of nitrogens with zero attached hydrogens (tertiary/aromatic N) is 2. The summed E-state index contributed by atoms with van der Waals surface area (Å²) in [4.78, 5) is 6.42. The molecule has 0 aliphatic carbocycles. The third kappa shape index (κ3) is 1.59. The quantitative estimate of drug-likeness (QED) is 0.538. The van der Waals surface area contributed by atoms with Crippen molar-refractivity contribution in [1.29, 1.82) is 0 Å². The van der Waals surface area contributed by atoms with Crippen molar-refractivity contribution in [2.45, 2.75) is 26.8 Å². The molecule has 0 aromatic heterocycles. The lowest BCUT2D eigenvalue weighted by atomic mass is 10.3. The maximum Gasteiger partial charge on any atom is 0.0557 e. The Hall–Kier alpha value is -0.790. The van der Waals surface area contributed by atoms with Crippen LogP contribution in [0.3, 0.4) is 0 Å². The molecule has 1 rings (SSSR count). The molecule has 0 aromatic rings. The molecule has 1 aliphatic rings. The topological polar surface area (TPSA) is 15.6 Å². The van der Waals surface area contributed by atoms with Gasteiger partial charge in [-0.05, 0) is 20.8 Å². The second-order valence-corrected chi connectivity index (χ2v) is 2.93. The molecule has 0 unspecified atom stereocenters. The second-order valence-electron chi connectivity index (χ2n) is 2.93. The van der Waals surface area contributed by atoms with Crippen molar-refractivity contribution in [3.05, 3.63) is 12.4 Å². The van der Waals surface area contributed by atoms with Crippen molar-refractivity contribution < 1.29 is 0 Å². The van der Waals surface area contributed by atoms with E-state index in [2.05, 4.69) is 30.7 Å². The SMILES string of the molecule is CC1=NC=CN(C(C)C)C1. The smallest absolute Gasteiger partial charge is 0.0557 e. The van der Waals surface area contributed by atoms with E-state index >= 15 is 0 Å². The molecule has 2 heteroatoms. The highest BCUT2D eigenvalue weighted by atomic mass is 15.2. The zero-order valence-electron chi connectivity index (χ0n) is 6.83. The van der Waals surface area contributed by atoms with Crippen molar-refractivity contribution in [3.8, 4) is 0 Å². The van der Waals surface area contributed by atoms with E-state index in [-0.39, 0.29) is 0 Å². The van der Waals surface area contributed by atoms with Gasteiger partial charge < -0.3 is 4.90 Å². The van der Waals surface area contributed by atoms with Gasteiger partial charge in [0.25, 0.3) is 0 Å². The monoisotopic (exact) mass is 138 g/mol. The van der Waals surface area contributed by atoms with Crippen molar-refractivity contribution in [2.75, 3.05) is 6.54 Å². The van der Waals surface area contributed by atoms with Crippen molar-refractivity contribution in [2.24, 2.45) is 4.99 Å². The number of hydrogen-bond acceptors (Lipinski definition) is 2.